The predicted molar refractivity (Wildman–Crippen MR) is 122 cm³/mol. The first-order chi connectivity index (χ1) is 13.7. The van der Waals surface area contributed by atoms with Crippen molar-refractivity contribution in [3.63, 3.8) is 0 Å². The lowest BCUT2D eigenvalue weighted by Crippen LogP contribution is -2.24. The van der Waals surface area contributed by atoms with Crippen molar-refractivity contribution in [3.8, 4) is 0 Å². The molecule has 2 N–H and O–H groups in total. The van der Waals surface area contributed by atoms with E-state index in [0.717, 1.165) is 58.5 Å². The molecule has 1 aliphatic carbocycles. The van der Waals surface area contributed by atoms with Crippen LogP contribution >= 0.6 is 36.4 Å². The maximum atomic E-state index is 13.1. The van der Waals surface area contributed by atoms with Crippen LogP contribution in [-0.4, -0.2) is 16.5 Å². The minimum absolute atomic E-state index is 0. The molecule has 0 spiro atoms. The van der Waals surface area contributed by atoms with E-state index in [9.17, 15) is 4.39 Å². The lowest BCUT2D eigenvalue weighted by atomic mass is 9.78. The number of aromatic amines is 1. The Morgan fingerprint density at radius 1 is 1.07 bits per heavy atom. The Balaban J connectivity index is 0.00000128. The zero-order valence-electron chi connectivity index (χ0n) is 16.2. The van der Waals surface area contributed by atoms with Crippen LogP contribution < -0.4 is 16.0 Å². The highest BCUT2D eigenvalue weighted by Gasteiger charge is 2.28. The summed E-state index contributed by atoms with van der Waals surface area (Å²) in [5, 5.41) is 15.2. The smallest absolute Gasteiger partial charge is 0.141 e. The zero-order chi connectivity index (χ0) is 19.1. The monoisotopic (exact) mass is 469 g/mol. The van der Waals surface area contributed by atoms with Crippen molar-refractivity contribution in [1.82, 2.24) is 9.97 Å². The summed E-state index contributed by atoms with van der Waals surface area (Å²) in [6.45, 7) is 1.28. The van der Waals surface area contributed by atoms with Crippen molar-refractivity contribution < 1.29 is 4.39 Å². The molecule has 4 heterocycles. The van der Waals surface area contributed by atoms with E-state index in [4.69, 9.17) is 11.6 Å². The van der Waals surface area contributed by atoms with Gasteiger partial charge in [0.2, 0.25) is 0 Å². The summed E-state index contributed by atoms with van der Waals surface area (Å²) in [5.41, 5.74) is 4.30. The van der Waals surface area contributed by atoms with Crippen molar-refractivity contribution >= 4 is 53.9 Å². The van der Waals surface area contributed by atoms with Gasteiger partial charge in [0, 0.05) is 34.7 Å². The fourth-order valence-corrected chi connectivity index (χ4v) is 4.69. The number of fused-ring (bicyclic) bond motifs is 3. The number of hydrogen-bond donors (Lipinski definition) is 2. The third-order valence-electron chi connectivity index (χ3n) is 5.94. The number of halogens is 4. The number of hydrogen-bond acceptors (Lipinski definition) is 4. The molecular weight excluding hydrogens is 448 g/mol. The van der Waals surface area contributed by atoms with Crippen LogP contribution in [-0.2, 0) is 6.54 Å². The van der Waals surface area contributed by atoms with Crippen LogP contribution in [0.25, 0.3) is 11.8 Å². The van der Waals surface area contributed by atoms with E-state index in [1.165, 1.54) is 17.8 Å². The first kappa shape index (κ1) is 22.8. The van der Waals surface area contributed by atoms with Gasteiger partial charge in [-0.15, -0.1) is 24.8 Å². The second-order valence-electron chi connectivity index (χ2n) is 7.62. The number of allylic oxidation sites excluding steroid dienone is 1. The van der Waals surface area contributed by atoms with Gasteiger partial charge in [-0.25, -0.2) is 4.39 Å². The fraction of sp³-hybridized carbons (Fsp3) is 0.381. The van der Waals surface area contributed by atoms with Crippen molar-refractivity contribution in [2.24, 2.45) is 16.1 Å². The standard InChI is InChI=1S/C21H21ClFN5.2ClH/c22-14-7-8-24-20-16-11-26-28-19(21(16)27-18(20)9-14)13-3-1-12(2-4-13)17-6-5-15(23)10-25-17;;/h5-7,9-10,12-13,24,27H,1-4,8,11H2;2*1H/t12-,13-;;. The number of nitrogens with one attached hydrogen (secondary N) is 2. The van der Waals surface area contributed by atoms with Gasteiger partial charge in [0.1, 0.15) is 5.82 Å². The van der Waals surface area contributed by atoms with Gasteiger partial charge in [-0.2, -0.15) is 10.2 Å². The molecule has 0 radical (unpaired) electrons. The lowest BCUT2D eigenvalue weighted by Gasteiger charge is -2.28. The van der Waals surface area contributed by atoms with Crippen LogP contribution in [0.4, 0.5) is 10.1 Å². The molecule has 1 saturated carbocycles. The topological polar surface area (TPSA) is 65.4 Å². The van der Waals surface area contributed by atoms with Crippen LogP contribution in [0.3, 0.4) is 0 Å². The lowest BCUT2D eigenvalue weighted by molar-refractivity contribution is 0.373. The minimum atomic E-state index is -0.282. The Bertz CT molecular complexity index is 1080. The van der Waals surface area contributed by atoms with E-state index >= 15 is 0 Å². The number of anilines is 1. The quantitative estimate of drug-likeness (QED) is 0.664. The second kappa shape index (κ2) is 9.50. The van der Waals surface area contributed by atoms with Crippen LogP contribution in [0.15, 0.2) is 39.7 Å². The average molecular weight is 471 g/mol. The SMILES string of the molecule is Cl.Cl.Fc1ccc([C@H]2CC[C@H](C3=c4[nH]c5c(c4CN=N3)NCC=C(Cl)C=5)CC2)nc1. The second-order valence-corrected chi connectivity index (χ2v) is 8.05. The number of H-pyrrole nitrogens is 1. The van der Waals surface area contributed by atoms with Crippen LogP contribution in [0.1, 0.15) is 42.9 Å². The van der Waals surface area contributed by atoms with Gasteiger partial charge in [0.05, 0.1) is 34.8 Å². The molecule has 3 aliphatic rings. The number of rotatable bonds is 2. The van der Waals surface area contributed by atoms with Gasteiger partial charge in [-0.1, -0.05) is 11.6 Å². The summed E-state index contributed by atoms with van der Waals surface area (Å²) in [6.07, 6.45) is 9.34. The first-order valence-electron chi connectivity index (χ1n) is 9.74. The van der Waals surface area contributed by atoms with E-state index < -0.39 is 0 Å². The van der Waals surface area contributed by atoms with Crippen molar-refractivity contribution in [3.05, 3.63) is 57.2 Å². The molecular formula is C21H23Cl3FN5. The van der Waals surface area contributed by atoms with Gasteiger partial charge >= 0.3 is 0 Å². The molecule has 9 heteroatoms. The van der Waals surface area contributed by atoms with Gasteiger partial charge < -0.3 is 10.3 Å². The molecule has 2 aliphatic heterocycles. The van der Waals surface area contributed by atoms with Crippen LogP contribution in [0, 0.1) is 11.7 Å². The highest BCUT2D eigenvalue weighted by atomic mass is 35.5. The molecule has 30 heavy (non-hydrogen) atoms. The summed E-state index contributed by atoms with van der Waals surface area (Å²) in [6, 6.07) is 3.31. The molecule has 5 rings (SSSR count). The zero-order valence-corrected chi connectivity index (χ0v) is 18.6. The van der Waals surface area contributed by atoms with Crippen molar-refractivity contribution in [1.29, 1.82) is 0 Å². The van der Waals surface area contributed by atoms with Crippen LogP contribution in [0.5, 0.6) is 0 Å². The van der Waals surface area contributed by atoms with E-state index in [1.54, 1.807) is 0 Å². The van der Waals surface area contributed by atoms with Gasteiger partial charge in [-0.05, 0) is 50.0 Å². The highest BCUT2D eigenvalue weighted by Crippen LogP contribution is 2.39. The van der Waals surface area contributed by atoms with E-state index in [1.807, 2.05) is 18.2 Å². The predicted octanol–water partition coefficient (Wildman–Crippen LogP) is 4.77. The maximum absolute atomic E-state index is 13.1. The van der Waals surface area contributed by atoms with E-state index in [-0.39, 0.29) is 30.6 Å². The molecule has 0 bridgehead atoms. The van der Waals surface area contributed by atoms with Gasteiger partial charge in [-0.3, -0.25) is 4.98 Å². The highest BCUT2D eigenvalue weighted by molar-refractivity contribution is 6.34. The molecule has 1 fully saturated rings. The third-order valence-corrected chi connectivity index (χ3v) is 6.20. The van der Waals surface area contributed by atoms with Crippen molar-refractivity contribution in [2.45, 2.75) is 38.1 Å². The molecule has 160 valence electrons. The normalized spacial score (nSPS) is 22.2. The van der Waals surface area contributed by atoms with Gasteiger partial charge in [0.25, 0.3) is 0 Å². The van der Waals surface area contributed by atoms with E-state index in [0.29, 0.717) is 24.9 Å². The largest absolute Gasteiger partial charge is 0.379 e. The molecule has 2 aromatic rings. The number of azo groups is 1. The Kier molecular flexibility index (Phi) is 7.22. The van der Waals surface area contributed by atoms with E-state index in [2.05, 4.69) is 25.5 Å². The summed E-state index contributed by atoms with van der Waals surface area (Å²) in [7, 11) is 0. The molecule has 2 aromatic heterocycles. The molecule has 0 atom stereocenters. The molecule has 0 saturated heterocycles. The molecule has 0 unspecified atom stereocenters. The Morgan fingerprint density at radius 2 is 1.83 bits per heavy atom. The maximum Gasteiger partial charge on any atom is 0.141 e. The Hall–Kier alpha value is -1.89. The summed E-state index contributed by atoms with van der Waals surface area (Å²) in [4.78, 5) is 7.81. The summed E-state index contributed by atoms with van der Waals surface area (Å²) < 4.78 is 13.1. The third kappa shape index (κ3) is 4.27. The summed E-state index contributed by atoms with van der Waals surface area (Å²) >= 11 is 6.24. The number of nitrogens with zero attached hydrogens (tertiary/aromatic N) is 3. The number of pyridine rings is 1. The summed E-state index contributed by atoms with van der Waals surface area (Å²) in [5.74, 6) is 0.472. The first-order valence-corrected chi connectivity index (χ1v) is 10.1. The number of aromatic nitrogens is 2. The Labute approximate surface area is 191 Å². The van der Waals surface area contributed by atoms with Crippen LogP contribution in [0.2, 0.25) is 0 Å². The Morgan fingerprint density at radius 3 is 2.57 bits per heavy atom. The molecule has 5 nitrogen and oxygen atoms in total. The molecule has 0 amide bonds. The average Bonchev–Trinajstić information content (AvgIpc) is 2.95. The van der Waals surface area contributed by atoms with Gasteiger partial charge in [0.15, 0.2) is 0 Å². The molecule has 0 aromatic carbocycles. The fourth-order valence-electron chi connectivity index (χ4n) is 4.50. The minimum Gasteiger partial charge on any atom is -0.379 e. The van der Waals surface area contributed by atoms with Crippen molar-refractivity contribution in [2.75, 3.05) is 11.9 Å².